The number of H-pyrrole nitrogens is 1. The Labute approximate surface area is 171 Å². The summed E-state index contributed by atoms with van der Waals surface area (Å²) < 4.78 is 7.91. The van der Waals surface area contributed by atoms with E-state index in [0.29, 0.717) is 11.7 Å². The van der Waals surface area contributed by atoms with Crippen molar-refractivity contribution in [3.05, 3.63) is 62.4 Å². The number of aromatic nitrogens is 2. The van der Waals surface area contributed by atoms with Gasteiger partial charge in [0.15, 0.2) is 0 Å². The van der Waals surface area contributed by atoms with E-state index in [1.54, 1.807) is 17.7 Å². The van der Waals surface area contributed by atoms with Gasteiger partial charge in [-0.3, -0.25) is 19.2 Å². The normalized spacial score (nSPS) is 19.3. The van der Waals surface area contributed by atoms with Crippen molar-refractivity contribution in [3.8, 4) is 5.75 Å². The minimum Gasteiger partial charge on any atom is -0.490 e. The van der Waals surface area contributed by atoms with Crippen LogP contribution in [0.3, 0.4) is 0 Å². The first-order valence-corrected chi connectivity index (χ1v) is 10.9. The summed E-state index contributed by atoms with van der Waals surface area (Å²) in [5, 5.41) is 0. The molecule has 1 aliphatic carbocycles. The highest BCUT2D eigenvalue weighted by Gasteiger charge is 2.22. The topological polar surface area (TPSA) is 67.3 Å². The summed E-state index contributed by atoms with van der Waals surface area (Å²) >= 11 is 0. The molecule has 1 aromatic heterocycles. The summed E-state index contributed by atoms with van der Waals surface area (Å²) in [7, 11) is 0. The van der Waals surface area contributed by atoms with Gasteiger partial charge in [0.1, 0.15) is 5.75 Å². The van der Waals surface area contributed by atoms with Gasteiger partial charge in [0.05, 0.1) is 6.10 Å². The van der Waals surface area contributed by atoms with Crippen LogP contribution < -0.4 is 16.0 Å². The van der Waals surface area contributed by atoms with Crippen molar-refractivity contribution in [2.45, 2.75) is 70.6 Å². The Kier molecular flexibility index (Phi) is 6.19. The van der Waals surface area contributed by atoms with Crippen molar-refractivity contribution in [1.82, 2.24) is 14.5 Å². The zero-order valence-electron chi connectivity index (χ0n) is 17.2. The van der Waals surface area contributed by atoms with Gasteiger partial charge in [-0.05, 0) is 63.1 Å². The third kappa shape index (κ3) is 4.99. The minimum atomic E-state index is -0.299. The molecular formula is C23H31N3O3. The quantitative estimate of drug-likeness (QED) is 0.840. The molecule has 2 fully saturated rings. The maximum atomic E-state index is 12.1. The van der Waals surface area contributed by atoms with E-state index in [-0.39, 0.29) is 17.3 Å². The van der Waals surface area contributed by atoms with Crippen LogP contribution in [0.2, 0.25) is 0 Å². The van der Waals surface area contributed by atoms with E-state index >= 15 is 0 Å². The molecule has 0 bridgehead atoms. The Hall–Kier alpha value is -2.34. The van der Waals surface area contributed by atoms with Crippen LogP contribution in [-0.4, -0.2) is 33.6 Å². The molecule has 1 aromatic carbocycles. The van der Waals surface area contributed by atoms with Gasteiger partial charge in [-0.2, -0.15) is 0 Å². The number of hydrogen-bond acceptors (Lipinski definition) is 4. The first kappa shape index (κ1) is 20.0. The maximum absolute atomic E-state index is 12.1. The largest absolute Gasteiger partial charge is 0.490 e. The van der Waals surface area contributed by atoms with Gasteiger partial charge in [0, 0.05) is 37.4 Å². The lowest BCUT2D eigenvalue weighted by atomic mass is 9.98. The molecule has 4 rings (SSSR count). The fourth-order valence-corrected chi connectivity index (χ4v) is 4.56. The van der Waals surface area contributed by atoms with Gasteiger partial charge in [0.2, 0.25) is 0 Å². The summed E-state index contributed by atoms with van der Waals surface area (Å²) in [6.07, 6.45) is 10.1. The van der Waals surface area contributed by atoms with Crippen molar-refractivity contribution >= 4 is 0 Å². The number of hydrogen-bond donors (Lipinski definition) is 1. The Morgan fingerprint density at radius 3 is 2.59 bits per heavy atom. The number of likely N-dealkylation sites (tertiary alicyclic amines) is 1. The summed E-state index contributed by atoms with van der Waals surface area (Å²) in [5.41, 5.74) is 1.27. The van der Waals surface area contributed by atoms with Crippen LogP contribution in [0.5, 0.6) is 5.75 Å². The molecule has 0 radical (unpaired) electrons. The molecule has 1 N–H and O–H groups in total. The lowest BCUT2D eigenvalue weighted by Crippen LogP contribution is -2.39. The van der Waals surface area contributed by atoms with Gasteiger partial charge in [-0.1, -0.05) is 18.6 Å². The maximum Gasteiger partial charge on any atom is 0.328 e. The molecule has 2 aliphatic rings. The average Bonchev–Trinajstić information content (AvgIpc) is 2.72. The van der Waals surface area contributed by atoms with Gasteiger partial charge >= 0.3 is 5.69 Å². The standard InChI is InChI=1S/C23H31N3O3/c1-17-15-26(23(28)24-22(17)27)19-10-12-25(13-11-19)16-18-6-5-9-21(14-18)29-20-7-3-2-4-8-20/h5-6,9,14-15,19-20H,2-4,7-8,10-13,16H2,1H3,(H,24,27,28). The molecular weight excluding hydrogens is 366 g/mol. The highest BCUT2D eigenvalue weighted by molar-refractivity contribution is 5.28. The van der Waals surface area contributed by atoms with Crippen molar-refractivity contribution < 1.29 is 4.74 Å². The molecule has 0 atom stereocenters. The van der Waals surface area contributed by atoms with Crippen molar-refractivity contribution in [1.29, 1.82) is 0 Å². The Bertz CT molecular complexity index is 935. The minimum absolute atomic E-state index is 0.148. The van der Waals surface area contributed by atoms with Gasteiger partial charge in [-0.15, -0.1) is 0 Å². The fraction of sp³-hybridized carbons (Fsp3) is 0.565. The number of rotatable bonds is 5. The third-order valence-corrected chi connectivity index (χ3v) is 6.26. The lowest BCUT2D eigenvalue weighted by Gasteiger charge is -2.33. The predicted molar refractivity (Wildman–Crippen MR) is 114 cm³/mol. The first-order chi connectivity index (χ1) is 14.1. The number of benzene rings is 1. The van der Waals surface area contributed by atoms with E-state index < -0.39 is 0 Å². The SMILES string of the molecule is Cc1cn(C2CCN(Cc3cccc(OC4CCCCC4)c3)CC2)c(=O)[nH]c1=O. The molecule has 0 spiro atoms. The first-order valence-electron chi connectivity index (χ1n) is 10.9. The zero-order chi connectivity index (χ0) is 20.2. The summed E-state index contributed by atoms with van der Waals surface area (Å²) in [6.45, 7) is 4.51. The van der Waals surface area contributed by atoms with Crippen LogP contribution in [0.15, 0.2) is 40.1 Å². The van der Waals surface area contributed by atoms with Crippen LogP contribution in [0.1, 0.15) is 62.1 Å². The van der Waals surface area contributed by atoms with E-state index in [9.17, 15) is 9.59 Å². The Balaban J connectivity index is 1.34. The second-order valence-corrected chi connectivity index (χ2v) is 8.51. The molecule has 156 valence electrons. The van der Waals surface area contributed by atoms with E-state index in [1.165, 1.54) is 37.7 Å². The monoisotopic (exact) mass is 397 g/mol. The van der Waals surface area contributed by atoms with E-state index in [4.69, 9.17) is 4.74 Å². The Morgan fingerprint density at radius 1 is 1.07 bits per heavy atom. The summed E-state index contributed by atoms with van der Waals surface area (Å²) in [4.78, 5) is 28.6. The van der Waals surface area contributed by atoms with Crippen LogP contribution in [0, 0.1) is 6.92 Å². The second kappa shape index (κ2) is 8.99. The van der Waals surface area contributed by atoms with Crippen LogP contribution >= 0.6 is 0 Å². The predicted octanol–water partition coefficient (Wildman–Crippen LogP) is 3.39. The smallest absolute Gasteiger partial charge is 0.328 e. The van der Waals surface area contributed by atoms with Gasteiger partial charge in [0.25, 0.3) is 5.56 Å². The zero-order valence-corrected chi connectivity index (χ0v) is 17.2. The van der Waals surface area contributed by atoms with Gasteiger partial charge in [-0.25, -0.2) is 4.79 Å². The highest BCUT2D eigenvalue weighted by atomic mass is 16.5. The van der Waals surface area contributed by atoms with Gasteiger partial charge < -0.3 is 4.74 Å². The molecule has 2 heterocycles. The molecule has 1 aliphatic heterocycles. The highest BCUT2D eigenvalue weighted by Crippen LogP contribution is 2.26. The number of piperidine rings is 1. The van der Waals surface area contributed by atoms with E-state index in [2.05, 4.69) is 34.1 Å². The van der Waals surface area contributed by atoms with E-state index in [1.807, 2.05) is 0 Å². The molecule has 6 heteroatoms. The fourth-order valence-electron chi connectivity index (χ4n) is 4.56. The molecule has 0 unspecified atom stereocenters. The van der Waals surface area contributed by atoms with E-state index in [0.717, 1.165) is 38.2 Å². The molecule has 2 aromatic rings. The molecule has 1 saturated carbocycles. The van der Waals surface area contributed by atoms with Crippen LogP contribution in [-0.2, 0) is 6.54 Å². The number of aromatic amines is 1. The lowest BCUT2D eigenvalue weighted by molar-refractivity contribution is 0.154. The number of nitrogens with one attached hydrogen (secondary N) is 1. The molecule has 29 heavy (non-hydrogen) atoms. The van der Waals surface area contributed by atoms with Crippen molar-refractivity contribution in [2.75, 3.05) is 13.1 Å². The number of ether oxygens (including phenoxy) is 1. The molecule has 0 amide bonds. The third-order valence-electron chi connectivity index (χ3n) is 6.26. The van der Waals surface area contributed by atoms with Crippen molar-refractivity contribution in [2.24, 2.45) is 0 Å². The number of aryl methyl sites for hydroxylation is 1. The molecule has 1 saturated heterocycles. The molecule has 6 nitrogen and oxygen atoms in total. The Morgan fingerprint density at radius 2 is 1.83 bits per heavy atom. The van der Waals surface area contributed by atoms with Crippen LogP contribution in [0.25, 0.3) is 0 Å². The second-order valence-electron chi connectivity index (χ2n) is 8.51. The number of nitrogens with zero attached hydrogens (tertiary/aromatic N) is 2. The summed E-state index contributed by atoms with van der Waals surface area (Å²) in [5.74, 6) is 0.986. The van der Waals surface area contributed by atoms with Crippen LogP contribution in [0.4, 0.5) is 0 Å². The average molecular weight is 398 g/mol. The van der Waals surface area contributed by atoms with Crippen molar-refractivity contribution in [3.63, 3.8) is 0 Å². The summed E-state index contributed by atoms with van der Waals surface area (Å²) in [6, 6.07) is 8.64.